The first-order valence-corrected chi connectivity index (χ1v) is 8.94. The first kappa shape index (κ1) is 20.3. The van der Waals surface area contributed by atoms with Gasteiger partial charge in [-0.15, -0.1) is 24.0 Å². The number of benzene rings is 1. The molecule has 0 aliphatic carbocycles. The van der Waals surface area contributed by atoms with Gasteiger partial charge in [0, 0.05) is 38.7 Å². The van der Waals surface area contributed by atoms with Gasteiger partial charge in [-0.25, -0.2) is 0 Å². The lowest BCUT2D eigenvalue weighted by Gasteiger charge is -2.24. The van der Waals surface area contributed by atoms with E-state index in [-0.39, 0.29) is 24.0 Å². The summed E-state index contributed by atoms with van der Waals surface area (Å²) >= 11 is 0. The van der Waals surface area contributed by atoms with Crippen molar-refractivity contribution in [1.82, 2.24) is 10.2 Å². The lowest BCUT2D eigenvalue weighted by atomic mass is 9.87. The molecule has 2 aliphatic rings. The van der Waals surface area contributed by atoms with E-state index in [1.807, 2.05) is 19.2 Å². The Bertz CT molecular complexity index is 556. The monoisotopic (exact) mass is 459 g/mol. The molecule has 1 spiro atoms. The molecule has 2 fully saturated rings. The van der Waals surface area contributed by atoms with Gasteiger partial charge >= 0.3 is 0 Å². The van der Waals surface area contributed by atoms with E-state index in [1.165, 1.54) is 18.4 Å². The van der Waals surface area contributed by atoms with Gasteiger partial charge in [-0.1, -0.05) is 17.7 Å². The number of aryl methyl sites for hydroxylation is 1. The molecule has 6 heteroatoms. The van der Waals surface area contributed by atoms with Crippen molar-refractivity contribution < 1.29 is 9.47 Å². The van der Waals surface area contributed by atoms with Crippen molar-refractivity contribution in [2.45, 2.75) is 26.2 Å². The molecule has 2 aliphatic heterocycles. The first-order chi connectivity index (χ1) is 11.7. The van der Waals surface area contributed by atoms with Gasteiger partial charge in [0.15, 0.2) is 5.96 Å². The van der Waals surface area contributed by atoms with Gasteiger partial charge in [-0.2, -0.15) is 0 Å². The molecule has 0 aromatic heterocycles. The van der Waals surface area contributed by atoms with Crippen molar-refractivity contribution in [2.75, 3.05) is 46.5 Å². The molecule has 0 amide bonds. The zero-order valence-corrected chi connectivity index (χ0v) is 17.6. The molecule has 1 aromatic carbocycles. The number of nitrogens with zero attached hydrogens (tertiary/aromatic N) is 2. The second-order valence-electron chi connectivity index (χ2n) is 6.96. The second-order valence-corrected chi connectivity index (χ2v) is 6.96. The molecule has 1 N–H and O–H groups in total. The van der Waals surface area contributed by atoms with E-state index < -0.39 is 0 Å². The molecule has 1 atom stereocenters. The number of likely N-dealkylation sites (tertiary alicyclic amines) is 1. The normalized spacial score (nSPS) is 23.0. The maximum absolute atomic E-state index is 5.77. The third kappa shape index (κ3) is 5.48. The van der Waals surface area contributed by atoms with Crippen molar-refractivity contribution in [3.8, 4) is 5.75 Å². The van der Waals surface area contributed by atoms with Crippen LogP contribution in [0.1, 0.15) is 24.8 Å². The van der Waals surface area contributed by atoms with Gasteiger partial charge in [0.05, 0.1) is 13.2 Å². The Labute approximate surface area is 168 Å². The average molecular weight is 459 g/mol. The number of hydrogen-bond donors (Lipinski definition) is 1. The quantitative estimate of drug-likeness (QED) is 0.318. The third-order valence-corrected chi connectivity index (χ3v) is 5.03. The van der Waals surface area contributed by atoms with Crippen molar-refractivity contribution >= 4 is 29.9 Å². The van der Waals surface area contributed by atoms with Crippen molar-refractivity contribution in [2.24, 2.45) is 10.4 Å². The van der Waals surface area contributed by atoms with E-state index in [4.69, 9.17) is 9.47 Å². The highest BCUT2D eigenvalue weighted by Crippen LogP contribution is 2.38. The van der Waals surface area contributed by atoms with E-state index in [0.29, 0.717) is 12.0 Å². The zero-order chi connectivity index (χ0) is 16.8. The molecule has 3 rings (SSSR count). The molecule has 2 saturated heterocycles. The third-order valence-electron chi connectivity index (χ3n) is 5.03. The summed E-state index contributed by atoms with van der Waals surface area (Å²) in [5.74, 6) is 1.95. The molecule has 0 saturated carbocycles. The number of halogens is 1. The molecule has 2 heterocycles. The minimum absolute atomic E-state index is 0. The number of hydrogen-bond acceptors (Lipinski definition) is 3. The number of aliphatic imine (C=N–C) groups is 1. The Kier molecular flexibility index (Phi) is 7.81. The second kappa shape index (κ2) is 9.62. The molecule has 0 bridgehead atoms. The summed E-state index contributed by atoms with van der Waals surface area (Å²) in [6, 6.07) is 8.20. The molecule has 5 nitrogen and oxygen atoms in total. The van der Waals surface area contributed by atoms with Gasteiger partial charge in [0.2, 0.25) is 0 Å². The largest absolute Gasteiger partial charge is 0.494 e. The SMILES string of the molecule is CN=C(NCCCOc1ccc(C)cc1)N1CCC2(CCOC2)C1.I. The molecule has 0 radical (unpaired) electrons. The van der Waals surface area contributed by atoms with Crippen LogP contribution in [0.4, 0.5) is 0 Å². The molecule has 25 heavy (non-hydrogen) atoms. The fourth-order valence-corrected chi connectivity index (χ4v) is 3.52. The van der Waals surface area contributed by atoms with Gasteiger partial charge in [-0.05, 0) is 38.3 Å². The number of guanidine groups is 1. The van der Waals surface area contributed by atoms with E-state index in [2.05, 4.69) is 34.3 Å². The predicted molar refractivity (Wildman–Crippen MR) is 112 cm³/mol. The summed E-state index contributed by atoms with van der Waals surface area (Å²) < 4.78 is 11.4. The maximum Gasteiger partial charge on any atom is 0.193 e. The Balaban J connectivity index is 0.00000225. The molecule has 1 unspecified atom stereocenters. The van der Waals surface area contributed by atoms with Gasteiger partial charge in [-0.3, -0.25) is 4.99 Å². The topological polar surface area (TPSA) is 46.1 Å². The van der Waals surface area contributed by atoms with Crippen molar-refractivity contribution in [1.29, 1.82) is 0 Å². The minimum atomic E-state index is 0. The first-order valence-electron chi connectivity index (χ1n) is 8.94. The number of nitrogens with one attached hydrogen (secondary N) is 1. The van der Waals surface area contributed by atoms with Gasteiger partial charge in [0.1, 0.15) is 5.75 Å². The summed E-state index contributed by atoms with van der Waals surface area (Å²) in [6.45, 7) is 7.62. The highest BCUT2D eigenvalue weighted by Gasteiger charge is 2.42. The van der Waals surface area contributed by atoms with E-state index in [1.54, 1.807) is 0 Å². The summed E-state index contributed by atoms with van der Waals surface area (Å²) in [7, 11) is 1.86. The summed E-state index contributed by atoms with van der Waals surface area (Å²) in [4.78, 5) is 6.81. The van der Waals surface area contributed by atoms with Crippen LogP contribution in [0.5, 0.6) is 5.75 Å². The Morgan fingerprint density at radius 2 is 2.12 bits per heavy atom. The van der Waals surface area contributed by atoms with Crippen LogP contribution in [-0.4, -0.2) is 57.4 Å². The summed E-state index contributed by atoms with van der Waals surface area (Å²) in [5, 5.41) is 3.47. The van der Waals surface area contributed by atoms with Gasteiger partial charge in [0.25, 0.3) is 0 Å². The Morgan fingerprint density at radius 1 is 1.32 bits per heavy atom. The van der Waals surface area contributed by atoms with Gasteiger partial charge < -0.3 is 19.7 Å². The summed E-state index contributed by atoms with van der Waals surface area (Å²) in [6.07, 6.45) is 3.35. The zero-order valence-electron chi connectivity index (χ0n) is 15.3. The Hall–Kier alpha value is -1.02. The van der Waals surface area contributed by atoms with E-state index in [9.17, 15) is 0 Å². The highest BCUT2D eigenvalue weighted by molar-refractivity contribution is 14.0. The number of ether oxygens (including phenoxy) is 2. The maximum atomic E-state index is 5.77. The molecule has 1 aromatic rings. The van der Waals surface area contributed by atoms with E-state index in [0.717, 1.165) is 51.0 Å². The fraction of sp³-hybridized carbons (Fsp3) is 0.632. The number of rotatable bonds is 5. The Morgan fingerprint density at radius 3 is 2.80 bits per heavy atom. The van der Waals surface area contributed by atoms with Crippen LogP contribution in [0.15, 0.2) is 29.3 Å². The van der Waals surface area contributed by atoms with Crippen LogP contribution < -0.4 is 10.1 Å². The lowest BCUT2D eigenvalue weighted by molar-refractivity contribution is 0.156. The highest BCUT2D eigenvalue weighted by atomic mass is 127. The lowest BCUT2D eigenvalue weighted by Crippen LogP contribution is -2.42. The van der Waals surface area contributed by atoms with Crippen LogP contribution in [0, 0.1) is 12.3 Å². The van der Waals surface area contributed by atoms with Crippen LogP contribution >= 0.6 is 24.0 Å². The standard InChI is InChI=1S/C19H29N3O2.HI/c1-16-4-6-17(7-5-16)24-12-3-10-21-18(20-2)22-11-8-19(14-22)9-13-23-15-19;/h4-7H,3,8-15H2,1-2H3,(H,20,21);1H. The smallest absolute Gasteiger partial charge is 0.193 e. The molecular formula is C19H30IN3O2. The molecular weight excluding hydrogens is 429 g/mol. The van der Waals surface area contributed by atoms with Crippen molar-refractivity contribution in [3.63, 3.8) is 0 Å². The summed E-state index contributed by atoms with van der Waals surface area (Å²) in [5.41, 5.74) is 1.62. The van der Waals surface area contributed by atoms with Crippen molar-refractivity contribution in [3.05, 3.63) is 29.8 Å². The molecule has 140 valence electrons. The van der Waals surface area contributed by atoms with E-state index >= 15 is 0 Å². The van der Waals surface area contributed by atoms with Crippen LogP contribution in [0.2, 0.25) is 0 Å². The van der Waals surface area contributed by atoms with Crippen LogP contribution in [0.3, 0.4) is 0 Å². The average Bonchev–Trinajstić information content (AvgIpc) is 3.23. The fourth-order valence-electron chi connectivity index (χ4n) is 3.52. The minimum Gasteiger partial charge on any atom is -0.494 e. The van der Waals surface area contributed by atoms with Crippen LogP contribution in [0.25, 0.3) is 0 Å². The predicted octanol–water partition coefficient (Wildman–Crippen LogP) is 3.07. The van der Waals surface area contributed by atoms with Crippen LogP contribution in [-0.2, 0) is 4.74 Å².